The van der Waals surface area contributed by atoms with Crippen LogP contribution in [0.1, 0.15) is 53.4 Å². The fraction of sp³-hybridized carbons (Fsp3) is 1.00. The van der Waals surface area contributed by atoms with Gasteiger partial charge in [0.15, 0.2) is 0 Å². The number of rotatable bonds is 0. The smallest absolute Gasteiger partial charge is 0.0157 e. The normalized spacial score (nSPS) is 58.7. The van der Waals surface area contributed by atoms with Crippen molar-refractivity contribution in [3.8, 4) is 0 Å². The summed E-state index contributed by atoms with van der Waals surface area (Å²) in [6.45, 7) is 9.77. The molecule has 1 heteroatoms. The highest BCUT2D eigenvalue weighted by Gasteiger charge is 2.66. The average molecular weight is 221 g/mol. The zero-order valence-corrected chi connectivity index (χ0v) is 11.3. The van der Waals surface area contributed by atoms with Crippen LogP contribution in [-0.2, 0) is 0 Å². The van der Waals surface area contributed by atoms with Crippen LogP contribution in [-0.4, -0.2) is 5.54 Å². The summed E-state index contributed by atoms with van der Waals surface area (Å²) in [7, 11) is 0. The Kier molecular flexibility index (Phi) is 2.11. The van der Waals surface area contributed by atoms with E-state index < -0.39 is 0 Å². The van der Waals surface area contributed by atoms with E-state index in [1.165, 1.54) is 25.7 Å². The minimum atomic E-state index is 0.124. The van der Waals surface area contributed by atoms with Crippen LogP contribution < -0.4 is 5.73 Å². The second-order valence-electron chi connectivity index (χ2n) is 7.74. The summed E-state index contributed by atoms with van der Waals surface area (Å²) in [5.41, 5.74) is 7.34. The van der Waals surface area contributed by atoms with Crippen molar-refractivity contribution in [3.05, 3.63) is 0 Å². The highest BCUT2D eigenvalue weighted by atomic mass is 14.8. The second-order valence-corrected chi connectivity index (χ2v) is 7.74. The summed E-state index contributed by atoms with van der Waals surface area (Å²) in [5, 5.41) is 0. The van der Waals surface area contributed by atoms with Gasteiger partial charge in [-0.2, -0.15) is 0 Å². The molecule has 3 fully saturated rings. The van der Waals surface area contributed by atoms with Crippen molar-refractivity contribution >= 4 is 0 Å². The van der Waals surface area contributed by atoms with E-state index in [1.54, 1.807) is 0 Å². The molecule has 0 aliphatic heterocycles. The van der Waals surface area contributed by atoms with E-state index in [1.807, 2.05) is 0 Å². The van der Waals surface area contributed by atoms with Crippen LogP contribution >= 0.6 is 0 Å². The Morgan fingerprint density at radius 1 is 1.00 bits per heavy atom. The molecule has 6 atom stereocenters. The maximum absolute atomic E-state index is 6.60. The molecule has 0 unspecified atom stereocenters. The van der Waals surface area contributed by atoms with E-state index in [2.05, 4.69) is 27.7 Å². The summed E-state index contributed by atoms with van der Waals surface area (Å²) in [6, 6.07) is 0. The molecule has 0 spiro atoms. The number of nitrogens with two attached hydrogens (primary N) is 1. The van der Waals surface area contributed by atoms with E-state index in [9.17, 15) is 0 Å². The molecule has 92 valence electrons. The molecule has 0 aromatic carbocycles. The van der Waals surface area contributed by atoms with Gasteiger partial charge in [-0.1, -0.05) is 27.2 Å². The van der Waals surface area contributed by atoms with Crippen LogP contribution in [0.5, 0.6) is 0 Å². The quantitative estimate of drug-likeness (QED) is 0.666. The summed E-state index contributed by atoms with van der Waals surface area (Å²) in [6.07, 6.45) is 5.44. The zero-order valence-electron chi connectivity index (χ0n) is 11.3. The first-order chi connectivity index (χ1) is 7.36. The first-order valence-corrected chi connectivity index (χ1v) is 7.14. The summed E-state index contributed by atoms with van der Waals surface area (Å²) in [4.78, 5) is 0. The minimum Gasteiger partial charge on any atom is -0.325 e. The Bertz CT molecular complexity index is 305. The molecule has 16 heavy (non-hydrogen) atoms. The largest absolute Gasteiger partial charge is 0.325 e. The van der Waals surface area contributed by atoms with Gasteiger partial charge in [-0.05, 0) is 61.2 Å². The number of fused-ring (bicyclic) bond motifs is 3. The van der Waals surface area contributed by atoms with Crippen LogP contribution in [0.3, 0.4) is 0 Å². The molecule has 3 rings (SSSR count). The van der Waals surface area contributed by atoms with E-state index in [0.29, 0.717) is 5.41 Å². The second kappa shape index (κ2) is 3.04. The Morgan fingerprint density at radius 3 is 2.38 bits per heavy atom. The van der Waals surface area contributed by atoms with Gasteiger partial charge >= 0.3 is 0 Å². The molecular weight excluding hydrogens is 194 g/mol. The molecule has 1 nitrogen and oxygen atoms in total. The fourth-order valence-corrected chi connectivity index (χ4v) is 5.35. The molecular formula is C15H27N. The lowest BCUT2D eigenvalue weighted by Crippen LogP contribution is -2.46. The Hall–Kier alpha value is -0.0400. The Labute approximate surface area is 100 Å². The number of hydrogen-bond acceptors (Lipinski definition) is 1. The molecule has 2 N–H and O–H groups in total. The number of hydrogen-bond donors (Lipinski definition) is 1. The van der Waals surface area contributed by atoms with Gasteiger partial charge in [-0.3, -0.25) is 0 Å². The lowest BCUT2D eigenvalue weighted by Gasteiger charge is -2.36. The van der Waals surface area contributed by atoms with Gasteiger partial charge in [0.25, 0.3) is 0 Å². The Balaban J connectivity index is 1.94. The van der Waals surface area contributed by atoms with Crippen molar-refractivity contribution in [2.75, 3.05) is 0 Å². The van der Waals surface area contributed by atoms with E-state index >= 15 is 0 Å². The molecule has 0 aromatic rings. The van der Waals surface area contributed by atoms with Crippen molar-refractivity contribution in [1.29, 1.82) is 0 Å². The summed E-state index contributed by atoms with van der Waals surface area (Å²) in [5.74, 6) is 4.61. The third-order valence-corrected chi connectivity index (χ3v) is 6.45. The standard InChI is InChI=1S/C15H27N/c1-9-5-6-10-12(9)13-11(14(13,2)3)7-8-15(10,4)16/h9-13H,5-8,16H2,1-4H3/t9-,10-,11-,12-,13-,15-/m1/s1. The molecule has 0 amide bonds. The van der Waals surface area contributed by atoms with Gasteiger partial charge in [0, 0.05) is 5.54 Å². The van der Waals surface area contributed by atoms with Crippen molar-refractivity contribution in [2.24, 2.45) is 40.7 Å². The predicted molar refractivity (Wildman–Crippen MR) is 68.0 cm³/mol. The van der Waals surface area contributed by atoms with Crippen LogP contribution in [0.25, 0.3) is 0 Å². The van der Waals surface area contributed by atoms with E-state index in [0.717, 1.165) is 29.6 Å². The maximum atomic E-state index is 6.60. The zero-order chi connectivity index (χ0) is 11.7. The molecule has 0 radical (unpaired) electrons. The third-order valence-electron chi connectivity index (χ3n) is 6.45. The minimum absolute atomic E-state index is 0.124. The predicted octanol–water partition coefficient (Wildman–Crippen LogP) is 3.43. The Morgan fingerprint density at radius 2 is 1.69 bits per heavy atom. The molecule has 0 heterocycles. The SMILES string of the molecule is C[C@@H]1CC[C@@H]2[C@@H]1[C@H]1[C@@H](CC[C@@]2(C)N)C1(C)C. The molecule has 3 aliphatic carbocycles. The van der Waals surface area contributed by atoms with Crippen LogP contribution in [0, 0.1) is 35.0 Å². The van der Waals surface area contributed by atoms with E-state index in [4.69, 9.17) is 5.73 Å². The van der Waals surface area contributed by atoms with Crippen molar-refractivity contribution < 1.29 is 0 Å². The molecule has 3 aliphatic rings. The molecule has 0 bridgehead atoms. The fourth-order valence-electron chi connectivity index (χ4n) is 5.35. The summed E-state index contributed by atoms with van der Waals surface area (Å²) < 4.78 is 0. The topological polar surface area (TPSA) is 26.0 Å². The average Bonchev–Trinajstić information content (AvgIpc) is 2.51. The van der Waals surface area contributed by atoms with E-state index in [-0.39, 0.29) is 5.54 Å². The lowest BCUT2D eigenvalue weighted by molar-refractivity contribution is 0.174. The maximum Gasteiger partial charge on any atom is 0.0157 e. The van der Waals surface area contributed by atoms with Crippen molar-refractivity contribution in [2.45, 2.75) is 58.9 Å². The van der Waals surface area contributed by atoms with Crippen LogP contribution in [0.15, 0.2) is 0 Å². The van der Waals surface area contributed by atoms with Crippen molar-refractivity contribution in [3.63, 3.8) is 0 Å². The van der Waals surface area contributed by atoms with Crippen molar-refractivity contribution in [1.82, 2.24) is 0 Å². The van der Waals surface area contributed by atoms with Gasteiger partial charge < -0.3 is 5.73 Å². The lowest BCUT2D eigenvalue weighted by atomic mass is 9.73. The van der Waals surface area contributed by atoms with Gasteiger partial charge in [-0.15, -0.1) is 0 Å². The summed E-state index contributed by atoms with van der Waals surface area (Å²) >= 11 is 0. The first kappa shape index (κ1) is 11.1. The molecule has 3 saturated carbocycles. The van der Waals surface area contributed by atoms with Gasteiger partial charge in [0.1, 0.15) is 0 Å². The highest BCUT2D eigenvalue weighted by Crippen LogP contribution is 2.70. The van der Waals surface area contributed by atoms with Gasteiger partial charge in [-0.25, -0.2) is 0 Å². The monoisotopic (exact) mass is 221 g/mol. The first-order valence-electron chi connectivity index (χ1n) is 7.14. The molecule has 0 aromatic heterocycles. The molecule has 0 saturated heterocycles. The highest BCUT2D eigenvalue weighted by molar-refractivity contribution is 5.15. The van der Waals surface area contributed by atoms with Gasteiger partial charge in [0.05, 0.1) is 0 Å². The van der Waals surface area contributed by atoms with Crippen LogP contribution in [0.4, 0.5) is 0 Å². The third kappa shape index (κ3) is 1.27. The van der Waals surface area contributed by atoms with Gasteiger partial charge in [0.2, 0.25) is 0 Å². The van der Waals surface area contributed by atoms with Crippen LogP contribution in [0.2, 0.25) is 0 Å².